The Morgan fingerprint density at radius 3 is 2.58 bits per heavy atom. The fourth-order valence-electron chi connectivity index (χ4n) is 4.15. The molecule has 4 nitrogen and oxygen atoms in total. The van der Waals surface area contributed by atoms with Crippen LogP contribution < -0.4 is 10.6 Å². The first-order valence-electron chi connectivity index (χ1n) is 9.55. The number of ether oxygens (including phenoxy) is 1. The third-order valence-corrected chi connectivity index (χ3v) is 5.85. The highest BCUT2D eigenvalue weighted by Gasteiger charge is 2.40. The van der Waals surface area contributed by atoms with E-state index in [0.717, 1.165) is 16.8 Å². The number of anilines is 1. The number of amides is 1. The van der Waals surface area contributed by atoms with Crippen molar-refractivity contribution in [2.75, 3.05) is 5.32 Å². The van der Waals surface area contributed by atoms with Crippen LogP contribution >= 0.6 is 0 Å². The van der Waals surface area contributed by atoms with Crippen molar-refractivity contribution in [3.63, 3.8) is 0 Å². The van der Waals surface area contributed by atoms with Crippen molar-refractivity contribution in [2.45, 2.75) is 44.9 Å². The fraction of sp³-hybridized carbons (Fsp3) is 0.409. The van der Waals surface area contributed by atoms with Crippen molar-refractivity contribution in [2.24, 2.45) is 11.8 Å². The maximum absolute atomic E-state index is 12.4. The summed E-state index contributed by atoms with van der Waals surface area (Å²) in [5.74, 6) is 1.02. The van der Waals surface area contributed by atoms with Gasteiger partial charge in [0.2, 0.25) is 0 Å². The molecule has 4 rings (SSSR count). The van der Waals surface area contributed by atoms with Gasteiger partial charge in [-0.3, -0.25) is 0 Å². The number of para-hydroxylation sites is 1. The summed E-state index contributed by atoms with van der Waals surface area (Å²) in [5, 5.41) is 6.84. The Labute approximate surface area is 155 Å². The molecule has 0 spiro atoms. The maximum Gasteiger partial charge on any atom is 0.407 e. The van der Waals surface area contributed by atoms with Gasteiger partial charge < -0.3 is 15.4 Å². The van der Waals surface area contributed by atoms with Crippen LogP contribution in [0.4, 0.5) is 10.5 Å². The van der Waals surface area contributed by atoms with Crippen LogP contribution in [0.2, 0.25) is 0 Å². The van der Waals surface area contributed by atoms with E-state index in [-0.39, 0.29) is 12.1 Å². The average Bonchev–Trinajstić information content (AvgIpc) is 2.63. The molecule has 1 unspecified atom stereocenters. The second-order valence-electron chi connectivity index (χ2n) is 7.49. The molecule has 136 valence electrons. The van der Waals surface area contributed by atoms with Gasteiger partial charge in [0, 0.05) is 17.6 Å². The zero-order chi connectivity index (χ0) is 17.9. The summed E-state index contributed by atoms with van der Waals surface area (Å²) in [4.78, 5) is 12.4. The van der Waals surface area contributed by atoms with Crippen molar-refractivity contribution in [1.29, 1.82) is 0 Å². The Kier molecular flexibility index (Phi) is 4.83. The second kappa shape index (κ2) is 7.40. The molecule has 1 saturated carbocycles. The van der Waals surface area contributed by atoms with Crippen molar-refractivity contribution in [3.8, 4) is 0 Å². The molecule has 0 radical (unpaired) electrons. The van der Waals surface area contributed by atoms with E-state index in [4.69, 9.17) is 4.74 Å². The molecule has 0 bridgehead atoms. The Bertz CT molecular complexity index is 758. The number of carbonyl (C=O) groups is 1. The van der Waals surface area contributed by atoms with Gasteiger partial charge in [-0.1, -0.05) is 61.9 Å². The van der Waals surface area contributed by atoms with Crippen molar-refractivity contribution < 1.29 is 9.53 Å². The summed E-state index contributed by atoms with van der Waals surface area (Å²) in [6.07, 6.45) is 3.51. The lowest BCUT2D eigenvalue weighted by molar-refractivity contribution is 0.125. The lowest BCUT2D eigenvalue weighted by atomic mass is 9.70. The Morgan fingerprint density at radius 2 is 1.85 bits per heavy atom. The summed E-state index contributed by atoms with van der Waals surface area (Å²) < 4.78 is 5.46. The molecule has 2 aromatic carbocycles. The van der Waals surface area contributed by atoms with Gasteiger partial charge in [-0.05, 0) is 36.0 Å². The minimum Gasteiger partial charge on any atom is -0.445 e. The monoisotopic (exact) mass is 350 g/mol. The SMILES string of the molecule is C[C@H]1C(C2CCC2)Nc2ccccc2[C@@H]1NC(=O)OCc1ccccc1. The standard InChI is InChI=1S/C22H26N2O2/c1-15-20(17-10-7-11-17)23-19-13-6-5-12-18(19)21(15)24-22(25)26-14-16-8-3-2-4-9-16/h2-6,8-9,12-13,15,17,20-21,23H,7,10-11,14H2,1H3,(H,24,25)/t15-,20?,21+/m0/s1. The molecule has 1 aliphatic carbocycles. The van der Waals surface area contributed by atoms with Crippen molar-refractivity contribution >= 4 is 11.8 Å². The Hall–Kier alpha value is -2.49. The van der Waals surface area contributed by atoms with Crippen LogP contribution in [0.5, 0.6) is 0 Å². The zero-order valence-electron chi connectivity index (χ0n) is 15.2. The van der Waals surface area contributed by atoms with Crippen LogP contribution in [-0.2, 0) is 11.3 Å². The van der Waals surface area contributed by atoms with Crippen LogP contribution in [0.3, 0.4) is 0 Å². The van der Waals surface area contributed by atoms with E-state index in [1.807, 2.05) is 42.5 Å². The predicted molar refractivity (Wildman–Crippen MR) is 103 cm³/mol. The van der Waals surface area contributed by atoms with Crippen LogP contribution in [0.1, 0.15) is 43.4 Å². The minimum atomic E-state index is -0.352. The molecule has 1 amide bonds. The van der Waals surface area contributed by atoms with E-state index in [1.54, 1.807) is 0 Å². The lowest BCUT2D eigenvalue weighted by Gasteiger charge is -2.45. The van der Waals surface area contributed by atoms with E-state index >= 15 is 0 Å². The summed E-state index contributed by atoms with van der Waals surface area (Å²) >= 11 is 0. The van der Waals surface area contributed by atoms with Gasteiger partial charge in [0.05, 0.1) is 6.04 Å². The van der Waals surface area contributed by atoms with Crippen LogP contribution in [0.15, 0.2) is 54.6 Å². The van der Waals surface area contributed by atoms with E-state index in [1.165, 1.54) is 19.3 Å². The van der Waals surface area contributed by atoms with Gasteiger partial charge in [0.1, 0.15) is 6.61 Å². The molecule has 1 heterocycles. The van der Waals surface area contributed by atoms with Gasteiger partial charge in [-0.25, -0.2) is 4.79 Å². The van der Waals surface area contributed by atoms with E-state index in [2.05, 4.69) is 29.7 Å². The molecule has 0 aromatic heterocycles. The highest BCUT2D eigenvalue weighted by Crippen LogP contribution is 2.43. The molecule has 1 fully saturated rings. The molecule has 1 aliphatic heterocycles. The number of benzene rings is 2. The third-order valence-electron chi connectivity index (χ3n) is 5.85. The number of carbonyl (C=O) groups excluding carboxylic acids is 1. The van der Waals surface area contributed by atoms with Gasteiger partial charge in [0.15, 0.2) is 0 Å². The first kappa shape index (κ1) is 17.0. The highest BCUT2D eigenvalue weighted by molar-refractivity contribution is 5.69. The number of hydrogen-bond acceptors (Lipinski definition) is 3. The number of nitrogens with one attached hydrogen (secondary N) is 2. The average molecular weight is 350 g/mol. The summed E-state index contributed by atoms with van der Waals surface area (Å²) in [7, 11) is 0. The topological polar surface area (TPSA) is 50.4 Å². The number of hydrogen-bond donors (Lipinski definition) is 2. The number of alkyl carbamates (subject to hydrolysis) is 1. The normalized spacial score (nSPS) is 24.7. The summed E-state index contributed by atoms with van der Waals surface area (Å²) in [5.41, 5.74) is 3.27. The van der Waals surface area contributed by atoms with E-state index < -0.39 is 0 Å². The van der Waals surface area contributed by atoms with Gasteiger partial charge in [0.25, 0.3) is 0 Å². The first-order chi connectivity index (χ1) is 12.7. The molecule has 2 aromatic rings. The number of rotatable bonds is 4. The zero-order valence-corrected chi connectivity index (χ0v) is 15.2. The quantitative estimate of drug-likeness (QED) is 0.826. The molecule has 4 heteroatoms. The molecular weight excluding hydrogens is 324 g/mol. The van der Waals surface area contributed by atoms with Crippen molar-refractivity contribution in [3.05, 3.63) is 65.7 Å². The summed E-state index contributed by atoms with van der Waals surface area (Å²) in [6.45, 7) is 2.52. The lowest BCUT2D eigenvalue weighted by Crippen LogP contribution is -2.48. The van der Waals surface area contributed by atoms with Gasteiger partial charge in [-0.15, -0.1) is 0 Å². The summed E-state index contributed by atoms with van der Waals surface area (Å²) in [6, 6.07) is 18.4. The van der Waals surface area contributed by atoms with E-state index in [0.29, 0.717) is 24.5 Å². The minimum absolute atomic E-state index is 0.0266. The van der Waals surface area contributed by atoms with E-state index in [9.17, 15) is 4.79 Å². The predicted octanol–water partition coefficient (Wildman–Crippen LogP) is 4.88. The molecule has 3 atom stereocenters. The second-order valence-corrected chi connectivity index (χ2v) is 7.49. The Morgan fingerprint density at radius 1 is 1.12 bits per heavy atom. The number of fused-ring (bicyclic) bond motifs is 1. The Balaban J connectivity index is 1.47. The molecule has 0 saturated heterocycles. The molecular formula is C22H26N2O2. The van der Waals surface area contributed by atoms with Gasteiger partial charge in [-0.2, -0.15) is 0 Å². The largest absolute Gasteiger partial charge is 0.445 e. The van der Waals surface area contributed by atoms with Crippen LogP contribution in [-0.4, -0.2) is 12.1 Å². The van der Waals surface area contributed by atoms with Crippen LogP contribution in [0.25, 0.3) is 0 Å². The molecule has 26 heavy (non-hydrogen) atoms. The first-order valence-corrected chi connectivity index (χ1v) is 9.55. The molecule has 2 aliphatic rings. The third kappa shape index (κ3) is 3.41. The van der Waals surface area contributed by atoms with Crippen molar-refractivity contribution in [1.82, 2.24) is 5.32 Å². The fourth-order valence-corrected chi connectivity index (χ4v) is 4.15. The van der Waals surface area contributed by atoms with Gasteiger partial charge >= 0.3 is 6.09 Å². The maximum atomic E-state index is 12.4. The highest BCUT2D eigenvalue weighted by atomic mass is 16.5. The van der Waals surface area contributed by atoms with Crippen LogP contribution in [0, 0.1) is 11.8 Å². The smallest absolute Gasteiger partial charge is 0.407 e. The molecule has 2 N–H and O–H groups in total.